The van der Waals surface area contributed by atoms with Crippen LogP contribution >= 0.6 is 7.82 Å². The summed E-state index contributed by atoms with van der Waals surface area (Å²) in [5.41, 5.74) is 2.79. The number of benzene rings is 1. The number of esters is 2. The minimum absolute atomic E-state index is 0.0559. The molecular formula is C49H89N5O11P+. The number of rotatable bonds is 44. The van der Waals surface area contributed by atoms with Crippen LogP contribution in [0, 0.1) is 10.1 Å². The monoisotopic (exact) mass is 955 g/mol. The van der Waals surface area contributed by atoms with Gasteiger partial charge in [-0.25, -0.2) is 13.8 Å². The van der Waals surface area contributed by atoms with Gasteiger partial charge in [-0.3, -0.25) is 28.8 Å². The number of phosphoric ester groups is 1. The van der Waals surface area contributed by atoms with Crippen molar-refractivity contribution >= 4 is 36.5 Å². The Labute approximate surface area is 396 Å². The Kier molecular flexibility index (Phi) is 32.3. The lowest BCUT2D eigenvalue weighted by atomic mass is 10.0. The number of quaternary nitrogens is 1. The maximum absolute atomic E-state index is 13.6. The van der Waals surface area contributed by atoms with Gasteiger partial charge in [-0.2, -0.15) is 5.43 Å². The molecule has 0 aliphatic rings. The van der Waals surface area contributed by atoms with E-state index < -0.39 is 49.2 Å². The van der Waals surface area contributed by atoms with E-state index in [1.807, 2.05) is 0 Å². The molecule has 1 aromatic heterocycles. The van der Waals surface area contributed by atoms with Crippen LogP contribution in [0.5, 0.6) is 0 Å². The molecule has 0 spiro atoms. The molecule has 2 N–H and O–H groups in total. The number of hydrogen-bond donors (Lipinski definition) is 2. The zero-order chi connectivity index (χ0) is 48.3. The average molecular weight is 955 g/mol. The highest BCUT2D eigenvalue weighted by atomic mass is 31.2. The molecule has 380 valence electrons. The van der Waals surface area contributed by atoms with Gasteiger partial charge in [0.05, 0.1) is 44.3 Å². The number of nitrogens with one attached hydrogen (secondary N) is 1. The highest BCUT2D eigenvalue weighted by Crippen LogP contribution is 2.44. The van der Waals surface area contributed by atoms with Crippen molar-refractivity contribution in [3.05, 3.63) is 27.8 Å². The second-order valence-electron chi connectivity index (χ2n) is 17.9. The van der Waals surface area contributed by atoms with Gasteiger partial charge in [-0.15, -0.1) is 0 Å². The fraction of sp³-hybridized carbons (Fsp3) is 0.837. The second-order valence-corrected chi connectivity index (χ2v) is 19.4. The quantitative estimate of drug-likeness (QED) is 0.0158. The number of fused-ring (bicyclic) bond motifs is 1. The molecule has 2 unspecified atom stereocenters. The van der Waals surface area contributed by atoms with Crippen molar-refractivity contribution in [3.63, 3.8) is 0 Å². The standard InChI is InChI=1S/C49H88N5O11P/c1-6-11-13-15-17-19-21-23-25-27-29-31-33-35-45(55)63-44(41-62-66(59,60)61-40-39-50-54(8-3,9-4)10-5)49(42-37-38-43(53(57)58)48-47(42)51-65-52-48)64-46(56)36-34-32-30-28-26-24-22-20-18-16-14-12-7-2/h37-38,44,49-50H,6-36,39-41H2,1-5H3/p+1/t44-,49?/m0/s1. The molecule has 0 saturated heterocycles. The van der Waals surface area contributed by atoms with E-state index in [0.29, 0.717) is 17.4 Å². The summed E-state index contributed by atoms with van der Waals surface area (Å²) in [6.45, 7) is 12.5. The fourth-order valence-corrected chi connectivity index (χ4v) is 9.16. The van der Waals surface area contributed by atoms with Crippen LogP contribution in [-0.2, 0) is 32.7 Å². The van der Waals surface area contributed by atoms with Gasteiger partial charge in [-0.1, -0.05) is 168 Å². The summed E-state index contributed by atoms with van der Waals surface area (Å²) in [6, 6.07) is 2.51. The van der Waals surface area contributed by atoms with E-state index in [1.54, 1.807) is 0 Å². The SMILES string of the molecule is CCCCCCCCCCCCCCCC(=O)OC(c1ccc([N+](=O)[O-])c2nonc12)[C@H](COP(=O)(O)OCCN[N+](CC)(CC)CC)OC(=O)CCCCCCCCCCCCCCC. The minimum atomic E-state index is -4.73. The molecule has 0 aliphatic heterocycles. The Balaban J connectivity index is 2.15. The van der Waals surface area contributed by atoms with Gasteiger partial charge in [0, 0.05) is 24.5 Å². The van der Waals surface area contributed by atoms with Gasteiger partial charge < -0.3 is 14.4 Å². The molecule has 0 saturated carbocycles. The summed E-state index contributed by atoms with van der Waals surface area (Å²) >= 11 is 0. The topological polar surface area (TPSA) is 202 Å². The summed E-state index contributed by atoms with van der Waals surface area (Å²) in [4.78, 5) is 49.2. The van der Waals surface area contributed by atoms with E-state index in [4.69, 9.17) is 23.2 Å². The van der Waals surface area contributed by atoms with Gasteiger partial charge in [0.15, 0.2) is 12.2 Å². The van der Waals surface area contributed by atoms with Crippen molar-refractivity contribution in [3.8, 4) is 0 Å². The summed E-state index contributed by atoms with van der Waals surface area (Å²) in [6.07, 6.45) is 26.9. The average Bonchev–Trinajstić information content (AvgIpc) is 3.80. The van der Waals surface area contributed by atoms with Crippen LogP contribution in [-0.4, -0.2) is 82.2 Å². The Bertz CT molecular complexity index is 1630. The first-order valence-electron chi connectivity index (χ1n) is 26.0. The molecule has 0 radical (unpaired) electrons. The van der Waals surface area contributed by atoms with E-state index >= 15 is 0 Å². The molecule has 17 heteroatoms. The van der Waals surface area contributed by atoms with Gasteiger partial charge in [0.2, 0.25) is 5.52 Å². The number of unbranched alkanes of at least 4 members (excludes halogenated alkanes) is 24. The van der Waals surface area contributed by atoms with Crippen molar-refractivity contribution < 1.29 is 51.7 Å². The van der Waals surface area contributed by atoms with Crippen LogP contribution in [0.3, 0.4) is 0 Å². The van der Waals surface area contributed by atoms with Crippen molar-refractivity contribution in [1.29, 1.82) is 0 Å². The predicted octanol–water partition coefficient (Wildman–Crippen LogP) is 13.1. The molecule has 0 amide bonds. The molecule has 0 aliphatic carbocycles. The molecule has 0 fully saturated rings. The molecule has 1 aromatic carbocycles. The number of phosphoric acid groups is 1. The normalized spacial score (nSPS) is 13.7. The number of nitrogens with zero attached hydrogens (tertiary/aromatic N) is 4. The van der Waals surface area contributed by atoms with E-state index in [9.17, 15) is 29.2 Å². The Morgan fingerprint density at radius 3 is 1.53 bits per heavy atom. The maximum atomic E-state index is 13.6. The first-order valence-corrected chi connectivity index (χ1v) is 27.5. The zero-order valence-electron chi connectivity index (χ0n) is 41.6. The molecule has 1 heterocycles. The van der Waals surface area contributed by atoms with Crippen molar-refractivity contribution in [1.82, 2.24) is 15.7 Å². The Morgan fingerprint density at radius 1 is 0.667 bits per heavy atom. The first kappa shape index (κ1) is 59.1. The molecule has 3 atom stereocenters. The maximum Gasteiger partial charge on any atom is 0.472 e. The van der Waals surface area contributed by atoms with Crippen LogP contribution in [0.15, 0.2) is 16.8 Å². The van der Waals surface area contributed by atoms with E-state index in [1.165, 1.54) is 115 Å². The van der Waals surface area contributed by atoms with Gasteiger partial charge in [0.1, 0.15) is 5.52 Å². The summed E-state index contributed by atoms with van der Waals surface area (Å²) < 4.78 is 41.6. The van der Waals surface area contributed by atoms with Crippen LogP contribution in [0.2, 0.25) is 0 Å². The number of non-ortho nitro benzene ring substituents is 1. The van der Waals surface area contributed by atoms with Crippen molar-refractivity contribution in [2.24, 2.45) is 0 Å². The largest absolute Gasteiger partial charge is 0.472 e. The molecule has 0 bridgehead atoms. The third-order valence-corrected chi connectivity index (χ3v) is 13.8. The number of carbonyl (C=O) groups excluding carboxylic acids is 2. The number of ether oxygens (including phenoxy) is 2. The van der Waals surface area contributed by atoms with E-state index in [2.05, 4.69) is 50.4 Å². The second kappa shape index (κ2) is 36.0. The van der Waals surface area contributed by atoms with Gasteiger partial charge in [0.25, 0.3) is 0 Å². The van der Waals surface area contributed by atoms with Crippen LogP contribution in [0.25, 0.3) is 11.0 Å². The number of nitro groups is 1. The lowest BCUT2D eigenvalue weighted by Crippen LogP contribution is -2.58. The van der Waals surface area contributed by atoms with Crippen LogP contribution in [0.1, 0.15) is 226 Å². The summed E-state index contributed by atoms with van der Waals surface area (Å²) in [7, 11) is -4.73. The molecule has 2 aromatic rings. The summed E-state index contributed by atoms with van der Waals surface area (Å²) in [5, 5.41) is 19.5. The van der Waals surface area contributed by atoms with Crippen molar-refractivity contribution in [2.75, 3.05) is 39.4 Å². The lowest BCUT2D eigenvalue weighted by molar-refractivity contribution is -0.965. The number of hydrogen-bond acceptors (Lipinski definition) is 13. The molecule has 16 nitrogen and oxygen atoms in total. The van der Waals surface area contributed by atoms with Gasteiger partial charge in [-0.05, 0) is 50.0 Å². The predicted molar refractivity (Wildman–Crippen MR) is 259 cm³/mol. The smallest absolute Gasteiger partial charge is 0.456 e. The van der Waals surface area contributed by atoms with E-state index in [0.717, 1.165) is 71.0 Å². The zero-order valence-corrected chi connectivity index (χ0v) is 42.5. The third kappa shape index (κ3) is 24.8. The summed E-state index contributed by atoms with van der Waals surface area (Å²) in [5.74, 6) is -1.23. The number of aromatic nitrogens is 2. The number of nitro benzene ring substituents is 1. The molecular weight excluding hydrogens is 866 g/mol. The molecule has 66 heavy (non-hydrogen) atoms. The van der Waals surface area contributed by atoms with Crippen LogP contribution < -0.4 is 5.43 Å². The Morgan fingerprint density at radius 2 is 1.09 bits per heavy atom. The lowest BCUT2D eigenvalue weighted by Gasteiger charge is -2.35. The third-order valence-electron chi connectivity index (χ3n) is 12.8. The highest BCUT2D eigenvalue weighted by molar-refractivity contribution is 7.47. The minimum Gasteiger partial charge on any atom is -0.456 e. The van der Waals surface area contributed by atoms with Crippen molar-refractivity contribution in [2.45, 2.75) is 227 Å². The van der Waals surface area contributed by atoms with E-state index in [-0.39, 0.29) is 42.6 Å². The molecule has 2 rings (SSSR count). The highest BCUT2D eigenvalue weighted by Gasteiger charge is 2.37. The van der Waals surface area contributed by atoms with Crippen LogP contribution in [0.4, 0.5) is 5.69 Å². The fourth-order valence-electron chi connectivity index (χ4n) is 8.43. The number of carbonyl (C=O) groups is 2. The van der Waals surface area contributed by atoms with Gasteiger partial charge >= 0.3 is 25.4 Å². The Hall–Kier alpha value is -3.01. The first-order chi connectivity index (χ1) is 32.0.